The Morgan fingerprint density at radius 1 is 0.786 bits per heavy atom. The highest BCUT2D eigenvalue weighted by molar-refractivity contribution is 7.42. The van der Waals surface area contributed by atoms with Crippen LogP contribution in [0.4, 0.5) is 0 Å². The van der Waals surface area contributed by atoms with Crippen molar-refractivity contribution in [1.29, 1.82) is 0 Å². The molecule has 0 spiro atoms. The molecule has 1 aromatic carbocycles. The number of nitrogens with one attached hydrogen (secondary N) is 1. The third kappa shape index (κ3) is 13.6. The van der Waals surface area contributed by atoms with Crippen molar-refractivity contribution in [3.05, 3.63) is 35.4 Å². The summed E-state index contributed by atoms with van der Waals surface area (Å²) < 4.78 is 15.0. The predicted molar refractivity (Wildman–Crippen MR) is 100 cm³/mol. The molecule has 0 bridgehead atoms. The van der Waals surface area contributed by atoms with Crippen LogP contribution >= 0.6 is 8.53 Å². The first-order valence-electron chi connectivity index (χ1n) is 8.26. The molecule has 7 N–H and O–H groups in total. The summed E-state index contributed by atoms with van der Waals surface area (Å²) in [5.41, 5.74) is 5.23. The lowest BCUT2D eigenvalue weighted by molar-refractivity contribution is 0.00230. The zero-order valence-corrected chi connectivity index (χ0v) is 16.2. The first-order chi connectivity index (χ1) is 13.4. The number of amides is 2. The van der Waals surface area contributed by atoms with Gasteiger partial charge in [-0.25, -0.2) is 0 Å². The van der Waals surface area contributed by atoms with E-state index >= 15 is 0 Å². The quantitative estimate of drug-likeness (QED) is 0.151. The SMILES string of the molecule is NP(O)O.O=C1NC(=O)c2ccccc21.OCCOCCOCCOCCO. The van der Waals surface area contributed by atoms with Gasteiger partial charge in [0.05, 0.1) is 64.0 Å². The summed E-state index contributed by atoms with van der Waals surface area (Å²) >= 11 is 0. The van der Waals surface area contributed by atoms with Gasteiger partial charge in [0.1, 0.15) is 0 Å². The van der Waals surface area contributed by atoms with E-state index in [-0.39, 0.29) is 25.0 Å². The number of nitrogens with two attached hydrogens (primary N) is 1. The second-order valence-corrected chi connectivity index (χ2v) is 5.57. The second-order valence-electron chi connectivity index (χ2n) is 4.93. The molecule has 12 heteroatoms. The van der Waals surface area contributed by atoms with Gasteiger partial charge >= 0.3 is 0 Å². The highest BCUT2D eigenvalue weighted by Gasteiger charge is 2.25. The van der Waals surface area contributed by atoms with Gasteiger partial charge < -0.3 is 34.2 Å². The number of hydrogen-bond donors (Lipinski definition) is 6. The molecule has 0 saturated carbocycles. The van der Waals surface area contributed by atoms with Crippen LogP contribution in [-0.4, -0.2) is 84.7 Å². The van der Waals surface area contributed by atoms with Crippen LogP contribution in [0.2, 0.25) is 0 Å². The van der Waals surface area contributed by atoms with Crippen LogP contribution < -0.4 is 10.8 Å². The van der Waals surface area contributed by atoms with Gasteiger partial charge in [-0.15, -0.1) is 0 Å². The molecular weight excluding hydrogens is 395 g/mol. The molecule has 0 aromatic heterocycles. The average Bonchev–Trinajstić information content (AvgIpc) is 2.95. The summed E-state index contributed by atoms with van der Waals surface area (Å²) in [5, 5.41) is 18.9. The van der Waals surface area contributed by atoms with Crippen LogP contribution in [-0.2, 0) is 14.2 Å². The normalized spacial score (nSPS) is 11.9. The van der Waals surface area contributed by atoms with Gasteiger partial charge in [0.25, 0.3) is 11.8 Å². The van der Waals surface area contributed by atoms with Crippen LogP contribution in [0.1, 0.15) is 20.7 Å². The van der Waals surface area contributed by atoms with E-state index in [1.807, 2.05) is 0 Å². The third-order valence-corrected chi connectivity index (χ3v) is 2.86. The van der Waals surface area contributed by atoms with Crippen LogP contribution in [0.15, 0.2) is 24.3 Å². The summed E-state index contributed by atoms with van der Waals surface area (Å²) in [5.74, 6) is -0.601. The fourth-order valence-corrected chi connectivity index (χ4v) is 1.79. The molecule has 2 amide bonds. The van der Waals surface area contributed by atoms with Gasteiger partial charge in [0.15, 0.2) is 0 Å². The monoisotopic (exact) mass is 422 g/mol. The Labute approximate surface area is 164 Å². The standard InChI is InChI=1S/C8H5NO2.C8H18O5.H4NO2P/c10-7-5-3-1-2-4-6(5)8(11)9-7;9-1-3-11-5-7-13-8-6-12-4-2-10;1-4(2)3/h1-4H,(H,9,10,11);9-10H,1-8H2;2-3H,1H2. The Morgan fingerprint density at radius 2 is 1.11 bits per heavy atom. The smallest absolute Gasteiger partial charge is 0.258 e. The van der Waals surface area contributed by atoms with Crippen molar-refractivity contribution >= 4 is 20.3 Å². The number of aliphatic hydroxyl groups excluding tert-OH is 2. The number of benzene rings is 1. The Balaban J connectivity index is 0.000000440. The summed E-state index contributed by atoms with van der Waals surface area (Å²) in [6.07, 6.45) is 0. The van der Waals surface area contributed by atoms with Gasteiger partial charge in [-0.3, -0.25) is 20.4 Å². The van der Waals surface area contributed by atoms with E-state index in [1.54, 1.807) is 24.3 Å². The summed E-state index contributed by atoms with van der Waals surface area (Å²) in [6, 6.07) is 6.74. The zero-order chi connectivity index (χ0) is 21.2. The minimum absolute atomic E-state index is 0.0413. The second kappa shape index (κ2) is 17.6. The van der Waals surface area contributed by atoms with Crippen LogP contribution in [0.5, 0.6) is 0 Å². The highest BCUT2D eigenvalue weighted by atomic mass is 31.2. The Hall–Kier alpha value is -1.53. The summed E-state index contributed by atoms with van der Waals surface area (Å²) in [6.45, 7) is 2.76. The minimum Gasteiger partial charge on any atom is -0.394 e. The maximum atomic E-state index is 10.9. The number of rotatable bonds is 10. The van der Waals surface area contributed by atoms with E-state index < -0.39 is 8.53 Å². The first kappa shape index (κ1) is 26.5. The number of ether oxygens (including phenoxy) is 3. The van der Waals surface area contributed by atoms with Gasteiger partial charge in [-0.2, -0.15) is 0 Å². The average molecular weight is 422 g/mol. The summed E-state index contributed by atoms with van der Waals surface area (Å²) in [4.78, 5) is 36.8. The number of fused-ring (bicyclic) bond motifs is 1. The van der Waals surface area contributed by atoms with Crippen molar-refractivity contribution in [3.63, 3.8) is 0 Å². The molecule has 0 aliphatic carbocycles. The van der Waals surface area contributed by atoms with Gasteiger partial charge in [0, 0.05) is 0 Å². The fraction of sp³-hybridized carbons (Fsp3) is 0.500. The van der Waals surface area contributed by atoms with E-state index in [4.69, 9.17) is 34.2 Å². The van der Waals surface area contributed by atoms with Gasteiger partial charge in [-0.1, -0.05) is 12.1 Å². The molecule has 11 nitrogen and oxygen atoms in total. The van der Waals surface area contributed by atoms with Crippen molar-refractivity contribution < 1.29 is 43.8 Å². The molecule has 1 heterocycles. The molecule has 1 aliphatic rings. The van der Waals surface area contributed by atoms with E-state index in [1.165, 1.54) is 0 Å². The molecule has 0 saturated heterocycles. The molecule has 28 heavy (non-hydrogen) atoms. The van der Waals surface area contributed by atoms with E-state index in [2.05, 4.69) is 10.8 Å². The molecule has 1 aromatic rings. The molecule has 0 atom stereocenters. The first-order valence-corrected chi connectivity index (χ1v) is 9.57. The maximum Gasteiger partial charge on any atom is 0.258 e. The largest absolute Gasteiger partial charge is 0.394 e. The number of hydrogen-bond acceptors (Lipinski definition) is 10. The van der Waals surface area contributed by atoms with Crippen LogP contribution in [0.3, 0.4) is 0 Å². The molecule has 160 valence electrons. The van der Waals surface area contributed by atoms with E-state index in [0.717, 1.165) is 0 Å². The number of aliphatic hydroxyl groups is 2. The van der Waals surface area contributed by atoms with Crippen molar-refractivity contribution in [1.82, 2.24) is 5.32 Å². The number of carbonyl (C=O) groups excluding carboxylic acids is 2. The Kier molecular flexibility index (Phi) is 16.6. The predicted octanol–water partition coefficient (Wildman–Crippen LogP) is -1.25. The van der Waals surface area contributed by atoms with Crippen LogP contribution in [0.25, 0.3) is 0 Å². The third-order valence-electron chi connectivity index (χ3n) is 2.86. The van der Waals surface area contributed by atoms with Crippen molar-refractivity contribution in [2.45, 2.75) is 0 Å². The lowest BCUT2D eigenvalue weighted by Gasteiger charge is -2.04. The van der Waals surface area contributed by atoms with E-state index in [0.29, 0.717) is 50.8 Å². The lowest BCUT2D eigenvalue weighted by atomic mass is 10.1. The molecule has 0 unspecified atom stereocenters. The number of carbonyl (C=O) groups is 2. The molecule has 0 fully saturated rings. The van der Waals surface area contributed by atoms with Crippen molar-refractivity contribution in [2.24, 2.45) is 5.50 Å². The maximum absolute atomic E-state index is 10.9. The van der Waals surface area contributed by atoms with Gasteiger partial charge in [0.2, 0.25) is 8.53 Å². The zero-order valence-electron chi connectivity index (χ0n) is 15.3. The van der Waals surface area contributed by atoms with Gasteiger partial charge in [-0.05, 0) is 12.1 Å². The molecule has 0 radical (unpaired) electrons. The number of imide groups is 1. The Morgan fingerprint density at radius 3 is 1.43 bits per heavy atom. The highest BCUT2D eigenvalue weighted by Crippen LogP contribution is 2.13. The topological polar surface area (TPSA) is 181 Å². The summed E-state index contributed by atoms with van der Waals surface area (Å²) in [7, 11) is -2.12. The van der Waals surface area contributed by atoms with Crippen molar-refractivity contribution in [3.8, 4) is 0 Å². The molecular formula is C16H27N2O9P. The van der Waals surface area contributed by atoms with Crippen molar-refractivity contribution in [2.75, 3.05) is 52.9 Å². The molecule has 1 aliphatic heterocycles. The Bertz CT molecular complexity index is 515. The minimum atomic E-state index is -2.12. The fourth-order valence-electron chi connectivity index (χ4n) is 1.79. The van der Waals surface area contributed by atoms with Crippen LogP contribution in [0, 0.1) is 0 Å². The molecule has 2 rings (SSSR count). The lowest BCUT2D eigenvalue weighted by Crippen LogP contribution is -2.19. The van der Waals surface area contributed by atoms with E-state index in [9.17, 15) is 9.59 Å².